The molecule has 1 fully saturated rings. The Kier molecular flexibility index (Phi) is 6.74. The minimum absolute atomic E-state index is 0.434. The summed E-state index contributed by atoms with van der Waals surface area (Å²) < 4.78 is 2.38. The topological polar surface area (TPSA) is 47.8 Å². The Morgan fingerprint density at radius 1 is 1.09 bits per heavy atom. The number of rotatable bonds is 6. The highest BCUT2D eigenvalue weighted by Crippen LogP contribution is 2.32. The second kappa shape index (κ2) is 9.69. The van der Waals surface area contributed by atoms with E-state index < -0.39 is 0 Å². The molecule has 1 saturated carbocycles. The second-order valence-electron chi connectivity index (χ2n) is 9.24. The van der Waals surface area contributed by atoms with Crippen LogP contribution in [0.15, 0.2) is 23.8 Å². The molecule has 1 aromatic carbocycles. The number of nitriles is 1. The second-order valence-corrected chi connectivity index (χ2v) is 9.24. The van der Waals surface area contributed by atoms with Gasteiger partial charge in [-0.3, -0.25) is 9.78 Å². The maximum Gasteiger partial charge on any atom is 0.0947 e. The number of anilines is 1. The van der Waals surface area contributed by atoms with Gasteiger partial charge in [0.1, 0.15) is 0 Å². The van der Waals surface area contributed by atoms with Crippen molar-refractivity contribution in [3.63, 3.8) is 0 Å². The van der Waals surface area contributed by atoms with Crippen LogP contribution in [0, 0.1) is 11.3 Å². The van der Waals surface area contributed by atoms with E-state index in [2.05, 4.69) is 66.0 Å². The molecule has 32 heavy (non-hydrogen) atoms. The van der Waals surface area contributed by atoms with Gasteiger partial charge < -0.3 is 4.90 Å². The largest absolute Gasteiger partial charge is 0.371 e. The fourth-order valence-electron chi connectivity index (χ4n) is 5.30. The summed E-state index contributed by atoms with van der Waals surface area (Å²) in [4.78, 5) is 2.49. The van der Waals surface area contributed by atoms with Crippen molar-refractivity contribution in [3.05, 3.63) is 45.5 Å². The first-order chi connectivity index (χ1) is 15.6. The van der Waals surface area contributed by atoms with Gasteiger partial charge >= 0.3 is 0 Å². The smallest absolute Gasteiger partial charge is 0.0947 e. The summed E-state index contributed by atoms with van der Waals surface area (Å²) in [5.41, 5.74) is 5.47. The zero-order chi connectivity index (χ0) is 22.7. The molecule has 4 heteroatoms. The molecule has 168 valence electrons. The van der Waals surface area contributed by atoms with E-state index in [9.17, 15) is 5.26 Å². The van der Waals surface area contributed by atoms with E-state index in [-0.39, 0.29) is 0 Å². The lowest BCUT2D eigenvalue weighted by molar-refractivity contribution is 0.474. The number of allylic oxidation sites excluding steroid dienone is 1. The van der Waals surface area contributed by atoms with E-state index in [4.69, 9.17) is 0 Å². The Morgan fingerprint density at radius 3 is 2.47 bits per heavy atom. The van der Waals surface area contributed by atoms with Crippen LogP contribution in [0.3, 0.4) is 0 Å². The van der Waals surface area contributed by atoms with Gasteiger partial charge in [-0.2, -0.15) is 5.26 Å². The minimum Gasteiger partial charge on any atom is -0.371 e. The summed E-state index contributed by atoms with van der Waals surface area (Å²) in [6.45, 7) is 15.5. The Balaban J connectivity index is 2.07. The van der Waals surface area contributed by atoms with Crippen LogP contribution in [-0.2, 0) is 6.42 Å². The molecular formula is C28H36N4. The van der Waals surface area contributed by atoms with Gasteiger partial charge in [-0.1, -0.05) is 45.9 Å². The number of hydrogen-bond donors (Lipinski definition) is 1. The van der Waals surface area contributed by atoms with Crippen LogP contribution in [0.1, 0.15) is 76.1 Å². The average molecular weight is 429 g/mol. The van der Waals surface area contributed by atoms with Crippen LogP contribution in [0.4, 0.5) is 5.69 Å². The first kappa shape index (κ1) is 22.3. The number of H-pyrrole nitrogens is 1. The molecule has 0 saturated heterocycles. The zero-order valence-electron chi connectivity index (χ0n) is 19.7. The van der Waals surface area contributed by atoms with Gasteiger partial charge in [0.25, 0.3) is 0 Å². The summed E-state index contributed by atoms with van der Waals surface area (Å²) in [5, 5.41) is 16.4. The van der Waals surface area contributed by atoms with E-state index in [1.54, 1.807) is 0 Å². The minimum atomic E-state index is 0.434. The molecule has 2 aliphatic rings. The van der Waals surface area contributed by atoms with E-state index in [1.165, 1.54) is 42.5 Å². The zero-order valence-corrected chi connectivity index (χ0v) is 19.7. The van der Waals surface area contributed by atoms with Gasteiger partial charge in [0.05, 0.1) is 23.3 Å². The molecule has 0 atom stereocenters. The van der Waals surface area contributed by atoms with Crippen molar-refractivity contribution in [1.82, 2.24) is 9.78 Å². The monoisotopic (exact) mass is 428 g/mol. The Morgan fingerprint density at radius 2 is 1.81 bits per heavy atom. The molecule has 0 spiro atoms. The lowest BCUT2D eigenvalue weighted by atomic mass is 9.95. The summed E-state index contributed by atoms with van der Waals surface area (Å²) in [6, 6.07) is 9.63. The molecule has 4 rings (SSSR count). The summed E-state index contributed by atoms with van der Waals surface area (Å²) in [7, 11) is 0. The molecule has 1 N–H and O–H groups in total. The number of nitrogens with zero attached hydrogens (tertiary/aromatic N) is 3. The fourth-order valence-corrected chi connectivity index (χ4v) is 5.30. The maximum atomic E-state index is 9.53. The molecule has 4 nitrogen and oxygen atoms in total. The van der Waals surface area contributed by atoms with E-state index >= 15 is 0 Å². The molecule has 2 aliphatic carbocycles. The number of hydrogen-bond acceptors (Lipinski definition) is 2. The van der Waals surface area contributed by atoms with Crippen LogP contribution in [0.5, 0.6) is 0 Å². The molecule has 0 amide bonds. The third kappa shape index (κ3) is 4.21. The third-order valence-corrected chi connectivity index (χ3v) is 7.01. The summed E-state index contributed by atoms with van der Waals surface area (Å²) >= 11 is 0. The molecule has 0 radical (unpaired) electrons. The quantitative estimate of drug-likeness (QED) is 0.659. The third-order valence-electron chi connectivity index (χ3n) is 7.01. The SMILES string of the molecule is C=c1c2c([nH]n(C3CCCC3)c3cc(N(CCC)CCC)ccc3c1=C)C=C(C#N)CC2. The maximum absolute atomic E-state index is 9.53. The van der Waals surface area contributed by atoms with Gasteiger partial charge in [0, 0.05) is 29.7 Å². The van der Waals surface area contributed by atoms with Gasteiger partial charge in [-0.05, 0) is 72.7 Å². The van der Waals surface area contributed by atoms with Crippen molar-refractivity contribution >= 4 is 35.8 Å². The normalized spacial score (nSPS) is 15.8. The van der Waals surface area contributed by atoms with Crippen LogP contribution in [-0.4, -0.2) is 22.9 Å². The van der Waals surface area contributed by atoms with Crippen LogP contribution in [0.2, 0.25) is 0 Å². The Labute approximate surface area is 191 Å². The predicted octanol–water partition coefficient (Wildman–Crippen LogP) is 5.51. The Bertz CT molecular complexity index is 1210. The average Bonchev–Trinajstić information content (AvgIpc) is 3.35. The first-order valence-electron chi connectivity index (χ1n) is 12.2. The van der Waals surface area contributed by atoms with Crippen molar-refractivity contribution in [2.24, 2.45) is 0 Å². The highest BCUT2D eigenvalue weighted by molar-refractivity contribution is 5.83. The molecule has 0 bridgehead atoms. The van der Waals surface area contributed by atoms with E-state index in [0.717, 1.165) is 65.9 Å². The van der Waals surface area contributed by atoms with Crippen LogP contribution in [0.25, 0.3) is 30.1 Å². The molecular weight excluding hydrogens is 392 g/mol. The van der Waals surface area contributed by atoms with E-state index in [0.29, 0.717) is 6.04 Å². The number of aromatic nitrogens is 2. The van der Waals surface area contributed by atoms with Crippen molar-refractivity contribution in [2.45, 2.75) is 71.3 Å². The highest BCUT2D eigenvalue weighted by Gasteiger charge is 2.20. The molecule has 1 heterocycles. The predicted molar refractivity (Wildman–Crippen MR) is 136 cm³/mol. The number of fused-ring (bicyclic) bond motifs is 2. The number of aromatic amines is 1. The van der Waals surface area contributed by atoms with Crippen LogP contribution < -0.4 is 15.3 Å². The van der Waals surface area contributed by atoms with E-state index in [1.807, 2.05) is 6.08 Å². The molecule has 2 aromatic rings. The van der Waals surface area contributed by atoms with Crippen molar-refractivity contribution in [3.8, 4) is 6.07 Å². The van der Waals surface area contributed by atoms with Crippen LogP contribution >= 0.6 is 0 Å². The van der Waals surface area contributed by atoms with Crippen molar-refractivity contribution in [2.75, 3.05) is 18.0 Å². The van der Waals surface area contributed by atoms with Gasteiger partial charge in [0.15, 0.2) is 0 Å². The standard InChI is InChI=1S/C28H36N4/c1-5-15-31(16-6-2)24-12-14-26-21(4)20(3)25-13-11-22(19-29)17-27(25)30-32(28(26)18-24)23-9-7-8-10-23/h12,14,17-18,23,30H,3-11,13,15-16H2,1-2H3. The molecule has 1 aromatic heterocycles. The number of benzene rings is 1. The molecule has 0 aliphatic heterocycles. The van der Waals surface area contributed by atoms with Crippen molar-refractivity contribution < 1.29 is 0 Å². The van der Waals surface area contributed by atoms with Gasteiger partial charge in [-0.25, -0.2) is 0 Å². The fraction of sp³-hybridized carbons (Fsp3) is 0.464. The summed E-state index contributed by atoms with van der Waals surface area (Å²) in [6.07, 6.45) is 10.7. The number of nitrogens with one attached hydrogen (secondary N) is 1. The van der Waals surface area contributed by atoms with Gasteiger partial charge in [-0.15, -0.1) is 0 Å². The lowest BCUT2D eigenvalue weighted by Crippen LogP contribution is -2.30. The first-order valence-corrected chi connectivity index (χ1v) is 12.2. The Hall–Kier alpha value is -2.93. The highest BCUT2D eigenvalue weighted by atomic mass is 15.3. The summed E-state index contributed by atoms with van der Waals surface area (Å²) in [5.74, 6) is 0. The lowest BCUT2D eigenvalue weighted by Gasteiger charge is -2.26. The van der Waals surface area contributed by atoms with Crippen molar-refractivity contribution in [1.29, 1.82) is 5.26 Å². The van der Waals surface area contributed by atoms with Gasteiger partial charge in [0.2, 0.25) is 0 Å². The molecule has 0 unspecified atom stereocenters.